The average molecular weight is 232 g/mol. The van der Waals surface area contributed by atoms with E-state index >= 15 is 0 Å². The molecule has 3 N–H and O–H groups in total. The highest BCUT2D eigenvalue weighted by atomic mass is 31.3. The first-order valence-electron chi connectivity index (χ1n) is 3.13. The lowest BCUT2D eigenvalue weighted by atomic mass is 10.4. The van der Waals surface area contributed by atoms with Gasteiger partial charge in [-0.3, -0.25) is 4.89 Å². The Bertz CT molecular complexity index is 278. The lowest BCUT2D eigenvalue weighted by molar-refractivity contribution is 0.206. The van der Waals surface area contributed by atoms with Crippen molar-refractivity contribution in [3.8, 4) is 0 Å². The normalized spacial score (nSPS) is 16.3. The molecule has 0 bridgehead atoms. The zero-order chi connectivity index (χ0) is 10.7. The quantitative estimate of drug-likeness (QED) is 0.480. The number of allylic oxidation sites excluding steroid dienone is 1. The van der Waals surface area contributed by atoms with E-state index in [9.17, 15) is 9.13 Å². The SMILES string of the molecule is C=C(CC)OP(=O)(O)OP(=O)(O)O. The molecule has 1 atom stereocenters. The molecule has 0 aliphatic heterocycles. The minimum absolute atomic E-state index is 0.0979. The summed E-state index contributed by atoms with van der Waals surface area (Å²) in [7, 11) is -9.78. The van der Waals surface area contributed by atoms with Crippen molar-refractivity contribution >= 4 is 15.6 Å². The molecule has 1 unspecified atom stereocenters. The Labute approximate surface area is 74.9 Å². The van der Waals surface area contributed by atoms with E-state index < -0.39 is 15.6 Å². The first kappa shape index (κ1) is 12.8. The van der Waals surface area contributed by atoms with Crippen molar-refractivity contribution in [1.29, 1.82) is 0 Å². The number of phosphoric acid groups is 2. The average Bonchev–Trinajstić information content (AvgIpc) is 1.80. The Kier molecular flexibility index (Phi) is 4.32. The zero-order valence-corrected chi connectivity index (χ0v) is 8.57. The van der Waals surface area contributed by atoms with Crippen molar-refractivity contribution in [2.24, 2.45) is 0 Å². The number of hydrogen-bond acceptors (Lipinski definition) is 4. The molecule has 0 aliphatic carbocycles. The van der Waals surface area contributed by atoms with Gasteiger partial charge in [-0.2, -0.15) is 4.31 Å². The van der Waals surface area contributed by atoms with Crippen LogP contribution >= 0.6 is 15.6 Å². The summed E-state index contributed by atoms with van der Waals surface area (Å²) in [5.41, 5.74) is 0. The second-order valence-electron chi connectivity index (χ2n) is 2.02. The van der Waals surface area contributed by atoms with Gasteiger partial charge in [0, 0.05) is 6.42 Å². The van der Waals surface area contributed by atoms with Crippen LogP contribution in [-0.2, 0) is 18.0 Å². The van der Waals surface area contributed by atoms with Crippen LogP contribution in [0.25, 0.3) is 0 Å². The molecule has 0 amide bonds. The van der Waals surface area contributed by atoms with E-state index in [0.29, 0.717) is 0 Å². The summed E-state index contributed by atoms with van der Waals surface area (Å²) in [4.78, 5) is 25.1. The summed E-state index contributed by atoms with van der Waals surface area (Å²) in [6, 6.07) is 0. The number of hydrogen-bond donors (Lipinski definition) is 3. The summed E-state index contributed by atoms with van der Waals surface area (Å²) < 4.78 is 28.6. The van der Waals surface area contributed by atoms with Crippen molar-refractivity contribution in [2.45, 2.75) is 13.3 Å². The van der Waals surface area contributed by atoms with Crippen LogP contribution in [0.4, 0.5) is 0 Å². The molecule has 0 heterocycles. The van der Waals surface area contributed by atoms with E-state index in [-0.39, 0.29) is 12.2 Å². The fourth-order valence-electron chi connectivity index (χ4n) is 0.379. The second kappa shape index (κ2) is 4.37. The van der Waals surface area contributed by atoms with Gasteiger partial charge >= 0.3 is 15.6 Å². The molecule has 9 heteroatoms. The lowest BCUT2D eigenvalue weighted by Crippen LogP contribution is -1.92. The smallest absolute Gasteiger partial charge is 0.409 e. The molecule has 0 aromatic carbocycles. The van der Waals surface area contributed by atoms with Gasteiger partial charge in [0.1, 0.15) is 5.76 Å². The van der Waals surface area contributed by atoms with Crippen molar-refractivity contribution in [1.82, 2.24) is 0 Å². The Hall–Kier alpha value is -0.160. The standard InChI is InChI=1S/C4H10O7P2/c1-3-4(2)10-13(8,9)11-12(5,6)7/h2-3H2,1H3,(H,8,9)(H2,5,6,7). The number of phosphoric ester groups is 1. The predicted octanol–water partition coefficient (Wildman–Crippen LogP) is 1.14. The van der Waals surface area contributed by atoms with E-state index in [1.807, 2.05) is 0 Å². The Balaban J connectivity index is 4.34. The maximum absolute atomic E-state index is 10.8. The van der Waals surface area contributed by atoms with Gasteiger partial charge in [0.2, 0.25) is 0 Å². The van der Waals surface area contributed by atoms with E-state index in [1.165, 1.54) is 0 Å². The topological polar surface area (TPSA) is 113 Å². The zero-order valence-electron chi connectivity index (χ0n) is 6.78. The molecule has 0 saturated heterocycles. The minimum Gasteiger partial charge on any atom is -0.409 e. The van der Waals surface area contributed by atoms with E-state index in [2.05, 4.69) is 15.4 Å². The van der Waals surface area contributed by atoms with Gasteiger partial charge in [-0.1, -0.05) is 13.5 Å². The van der Waals surface area contributed by atoms with Gasteiger partial charge in [0.25, 0.3) is 0 Å². The highest BCUT2D eigenvalue weighted by Crippen LogP contribution is 2.58. The molecule has 0 spiro atoms. The Morgan fingerprint density at radius 1 is 1.38 bits per heavy atom. The predicted molar refractivity (Wildman–Crippen MR) is 43.5 cm³/mol. The molecular weight excluding hydrogens is 222 g/mol. The monoisotopic (exact) mass is 232 g/mol. The van der Waals surface area contributed by atoms with Crippen molar-refractivity contribution in [2.75, 3.05) is 0 Å². The molecule has 0 fully saturated rings. The largest absolute Gasteiger partial charge is 0.536 e. The number of rotatable bonds is 5. The summed E-state index contributed by atoms with van der Waals surface area (Å²) in [6.07, 6.45) is 0.231. The van der Waals surface area contributed by atoms with Crippen LogP contribution in [0.15, 0.2) is 12.3 Å². The highest BCUT2D eigenvalue weighted by Gasteiger charge is 2.33. The van der Waals surface area contributed by atoms with Crippen LogP contribution < -0.4 is 0 Å². The molecule has 7 nitrogen and oxygen atoms in total. The first-order chi connectivity index (χ1) is 5.66. The third-order valence-electron chi connectivity index (χ3n) is 0.848. The third kappa shape index (κ3) is 6.95. The van der Waals surface area contributed by atoms with Crippen LogP contribution in [0.3, 0.4) is 0 Å². The molecule has 78 valence electrons. The van der Waals surface area contributed by atoms with Crippen LogP contribution in [-0.4, -0.2) is 14.7 Å². The second-order valence-corrected chi connectivity index (χ2v) is 4.78. The summed E-state index contributed by atoms with van der Waals surface area (Å²) in [5.74, 6) is -0.0979. The van der Waals surface area contributed by atoms with Gasteiger partial charge in [-0.05, 0) is 0 Å². The lowest BCUT2D eigenvalue weighted by Gasteiger charge is -2.13. The molecule has 0 aromatic rings. The summed E-state index contributed by atoms with van der Waals surface area (Å²) in [5, 5.41) is 0. The van der Waals surface area contributed by atoms with Gasteiger partial charge in [0.15, 0.2) is 0 Å². The Morgan fingerprint density at radius 3 is 2.15 bits per heavy atom. The highest BCUT2D eigenvalue weighted by molar-refractivity contribution is 7.60. The first-order valence-corrected chi connectivity index (χ1v) is 6.16. The summed E-state index contributed by atoms with van der Waals surface area (Å²) in [6.45, 7) is 4.78. The van der Waals surface area contributed by atoms with Gasteiger partial charge in [-0.25, -0.2) is 9.13 Å². The van der Waals surface area contributed by atoms with Gasteiger partial charge < -0.3 is 14.3 Å². The third-order valence-corrected chi connectivity index (χ3v) is 3.01. The molecule has 0 aliphatic rings. The minimum atomic E-state index is -5.03. The van der Waals surface area contributed by atoms with Crippen LogP contribution in [0.2, 0.25) is 0 Å². The van der Waals surface area contributed by atoms with Crippen LogP contribution in [0, 0.1) is 0 Å². The molecule has 0 saturated carbocycles. The van der Waals surface area contributed by atoms with Crippen LogP contribution in [0.5, 0.6) is 0 Å². The fraction of sp³-hybridized carbons (Fsp3) is 0.500. The maximum Gasteiger partial charge on any atom is 0.536 e. The van der Waals surface area contributed by atoms with E-state index in [1.54, 1.807) is 6.92 Å². The van der Waals surface area contributed by atoms with E-state index in [0.717, 1.165) is 0 Å². The fourth-order valence-corrected chi connectivity index (χ4v) is 2.04. The molecule has 13 heavy (non-hydrogen) atoms. The van der Waals surface area contributed by atoms with Crippen LogP contribution in [0.1, 0.15) is 13.3 Å². The maximum atomic E-state index is 10.8. The van der Waals surface area contributed by atoms with Crippen molar-refractivity contribution in [3.63, 3.8) is 0 Å². The molecular formula is C4H10O7P2. The molecule has 0 aromatic heterocycles. The van der Waals surface area contributed by atoms with E-state index in [4.69, 9.17) is 14.7 Å². The van der Waals surface area contributed by atoms with Gasteiger partial charge in [0.05, 0.1) is 0 Å². The van der Waals surface area contributed by atoms with Crippen molar-refractivity contribution in [3.05, 3.63) is 12.3 Å². The Morgan fingerprint density at radius 2 is 1.85 bits per heavy atom. The summed E-state index contributed by atoms with van der Waals surface area (Å²) >= 11 is 0. The van der Waals surface area contributed by atoms with Crippen molar-refractivity contribution < 1.29 is 32.6 Å². The molecule has 0 rings (SSSR count). The molecule has 0 radical (unpaired) electrons. The van der Waals surface area contributed by atoms with Gasteiger partial charge in [-0.15, -0.1) is 0 Å².